The maximum absolute atomic E-state index is 5.87. The third-order valence-corrected chi connectivity index (χ3v) is 6.32. The summed E-state index contributed by atoms with van der Waals surface area (Å²) in [5.74, 6) is 1.10. The predicted octanol–water partition coefficient (Wildman–Crippen LogP) is 6.26. The Bertz CT molecular complexity index is 1100. The molecule has 0 saturated carbocycles. The van der Waals surface area contributed by atoms with Gasteiger partial charge < -0.3 is 9.73 Å². The van der Waals surface area contributed by atoms with Gasteiger partial charge in [-0.3, -0.25) is 0 Å². The first-order chi connectivity index (χ1) is 13.6. The van der Waals surface area contributed by atoms with E-state index in [0.29, 0.717) is 11.8 Å². The van der Waals surface area contributed by atoms with Crippen molar-refractivity contribution in [2.24, 2.45) is 0 Å². The number of rotatable bonds is 6. The zero-order valence-corrected chi connectivity index (χ0v) is 18.3. The third-order valence-electron chi connectivity index (χ3n) is 3.81. The van der Waals surface area contributed by atoms with Crippen molar-refractivity contribution in [1.82, 2.24) is 20.4 Å². The highest BCUT2D eigenvalue weighted by Crippen LogP contribution is 2.38. The minimum absolute atomic E-state index is 0.0299. The van der Waals surface area contributed by atoms with E-state index in [0.717, 1.165) is 30.8 Å². The predicted molar refractivity (Wildman–Crippen MR) is 116 cm³/mol. The van der Waals surface area contributed by atoms with Crippen LogP contribution >= 0.6 is 39.0 Å². The van der Waals surface area contributed by atoms with Crippen molar-refractivity contribution in [3.8, 4) is 11.5 Å². The quantitative estimate of drug-likeness (QED) is 0.331. The maximum Gasteiger partial charge on any atom is 0.247 e. The van der Waals surface area contributed by atoms with Gasteiger partial charge in [-0.2, -0.15) is 0 Å². The lowest BCUT2D eigenvalue weighted by Crippen LogP contribution is -1.88. The van der Waals surface area contributed by atoms with E-state index in [1.807, 2.05) is 62.4 Å². The minimum Gasteiger partial charge on any atom is -0.419 e. The van der Waals surface area contributed by atoms with Gasteiger partial charge in [0.25, 0.3) is 0 Å². The molecule has 1 unspecified atom stereocenters. The van der Waals surface area contributed by atoms with Crippen LogP contribution in [0.5, 0.6) is 0 Å². The number of benzene rings is 2. The Balaban J connectivity index is 1.43. The Morgan fingerprint density at radius 1 is 1.07 bits per heavy atom. The van der Waals surface area contributed by atoms with E-state index in [9.17, 15) is 0 Å². The lowest BCUT2D eigenvalue weighted by Gasteiger charge is -2.03. The lowest BCUT2D eigenvalue weighted by molar-refractivity contribution is 0.509. The van der Waals surface area contributed by atoms with Crippen LogP contribution in [-0.4, -0.2) is 20.4 Å². The van der Waals surface area contributed by atoms with Crippen LogP contribution in [0.4, 0.5) is 10.8 Å². The van der Waals surface area contributed by atoms with Crippen molar-refractivity contribution in [3.05, 3.63) is 64.5 Å². The molecule has 0 amide bonds. The fourth-order valence-corrected chi connectivity index (χ4v) is 4.84. The van der Waals surface area contributed by atoms with Gasteiger partial charge in [0, 0.05) is 15.7 Å². The van der Waals surface area contributed by atoms with Gasteiger partial charge in [-0.05, 0) is 44.2 Å². The molecule has 28 heavy (non-hydrogen) atoms. The molecule has 1 N–H and O–H groups in total. The number of aryl methyl sites for hydroxylation is 1. The van der Waals surface area contributed by atoms with Gasteiger partial charge in [-0.1, -0.05) is 62.8 Å². The summed E-state index contributed by atoms with van der Waals surface area (Å²) in [5.41, 5.74) is 3.03. The Labute approximate surface area is 178 Å². The summed E-state index contributed by atoms with van der Waals surface area (Å²) < 4.78 is 7.71. The zero-order valence-electron chi connectivity index (χ0n) is 15.1. The Kier molecular flexibility index (Phi) is 5.74. The number of nitrogens with zero attached hydrogens (tertiary/aromatic N) is 4. The summed E-state index contributed by atoms with van der Waals surface area (Å²) >= 11 is 6.49. The normalized spacial score (nSPS) is 12.1. The molecule has 0 aliphatic heterocycles. The molecule has 0 bridgehead atoms. The summed E-state index contributed by atoms with van der Waals surface area (Å²) in [4.78, 5) is 0. The Hall–Kier alpha value is -2.23. The second kappa shape index (κ2) is 8.42. The fraction of sp³-hybridized carbons (Fsp3) is 0.158. The van der Waals surface area contributed by atoms with Crippen LogP contribution in [-0.2, 0) is 0 Å². The smallest absolute Gasteiger partial charge is 0.247 e. The molecule has 1 atom stereocenters. The third kappa shape index (κ3) is 4.60. The Morgan fingerprint density at radius 3 is 2.75 bits per heavy atom. The van der Waals surface area contributed by atoms with Crippen LogP contribution < -0.4 is 5.32 Å². The van der Waals surface area contributed by atoms with Crippen molar-refractivity contribution < 1.29 is 4.42 Å². The van der Waals surface area contributed by atoms with Gasteiger partial charge in [0.1, 0.15) is 0 Å². The lowest BCUT2D eigenvalue weighted by atomic mass is 10.1. The van der Waals surface area contributed by atoms with Gasteiger partial charge in [-0.15, -0.1) is 20.4 Å². The fourth-order valence-electron chi connectivity index (χ4n) is 2.49. The van der Waals surface area contributed by atoms with Crippen molar-refractivity contribution in [2.45, 2.75) is 23.4 Å². The average molecular weight is 474 g/mol. The summed E-state index contributed by atoms with van der Waals surface area (Å²) in [6.45, 7) is 4.05. The minimum atomic E-state index is -0.0299. The molecule has 0 saturated heterocycles. The van der Waals surface area contributed by atoms with Crippen LogP contribution in [0.1, 0.15) is 23.6 Å². The van der Waals surface area contributed by atoms with Crippen LogP contribution in [0.15, 0.2) is 61.8 Å². The topological polar surface area (TPSA) is 76.7 Å². The van der Waals surface area contributed by atoms with E-state index < -0.39 is 0 Å². The Morgan fingerprint density at radius 2 is 1.93 bits per heavy atom. The van der Waals surface area contributed by atoms with Crippen molar-refractivity contribution in [2.75, 3.05) is 5.32 Å². The van der Waals surface area contributed by atoms with Gasteiger partial charge in [0.15, 0.2) is 4.34 Å². The van der Waals surface area contributed by atoms with E-state index in [4.69, 9.17) is 4.42 Å². The van der Waals surface area contributed by atoms with E-state index in [1.54, 1.807) is 11.8 Å². The second-order valence-corrected chi connectivity index (χ2v) is 9.56. The van der Waals surface area contributed by atoms with Crippen molar-refractivity contribution in [1.29, 1.82) is 0 Å². The summed E-state index contributed by atoms with van der Waals surface area (Å²) in [6.07, 6.45) is 0. The number of halogens is 1. The van der Waals surface area contributed by atoms with Crippen molar-refractivity contribution >= 4 is 49.8 Å². The number of anilines is 2. The van der Waals surface area contributed by atoms with E-state index in [1.165, 1.54) is 11.3 Å². The van der Waals surface area contributed by atoms with E-state index >= 15 is 0 Å². The van der Waals surface area contributed by atoms with Crippen LogP contribution in [0.2, 0.25) is 0 Å². The summed E-state index contributed by atoms with van der Waals surface area (Å²) in [6, 6.07) is 15.9. The van der Waals surface area contributed by atoms with Crippen LogP contribution in [0, 0.1) is 6.92 Å². The molecule has 4 rings (SSSR count). The van der Waals surface area contributed by atoms with Gasteiger partial charge >= 0.3 is 0 Å². The molecular formula is C19H16BrN5OS2. The van der Waals surface area contributed by atoms with Gasteiger partial charge in [-0.25, -0.2) is 0 Å². The number of nitrogens with one attached hydrogen (secondary N) is 1. The molecule has 2 heterocycles. The first-order valence-corrected chi connectivity index (χ1v) is 11.0. The molecule has 9 heteroatoms. The molecule has 2 aromatic heterocycles. The zero-order chi connectivity index (χ0) is 19.5. The molecule has 6 nitrogen and oxygen atoms in total. The molecule has 0 aliphatic rings. The van der Waals surface area contributed by atoms with Crippen molar-refractivity contribution in [3.63, 3.8) is 0 Å². The molecule has 142 valence electrons. The summed E-state index contributed by atoms with van der Waals surface area (Å²) in [5, 5.41) is 20.8. The molecule has 0 radical (unpaired) electrons. The molecular weight excluding hydrogens is 458 g/mol. The largest absolute Gasteiger partial charge is 0.419 e. The molecule has 0 fully saturated rings. The highest BCUT2D eigenvalue weighted by Gasteiger charge is 2.18. The second-order valence-electron chi connectivity index (χ2n) is 6.08. The van der Waals surface area contributed by atoms with Gasteiger partial charge in [0.2, 0.25) is 16.9 Å². The standard InChI is InChI=1S/C19H16BrN5OS2/c1-11-5-3-6-13(9-11)17-23-22-16(26-17)12(2)27-19-25-24-18(28-19)21-15-8-4-7-14(20)10-15/h3-10,12H,1-2H3,(H,21,24). The van der Waals surface area contributed by atoms with E-state index in [2.05, 4.69) is 41.6 Å². The van der Waals surface area contributed by atoms with E-state index in [-0.39, 0.29) is 5.25 Å². The number of hydrogen-bond acceptors (Lipinski definition) is 8. The van der Waals surface area contributed by atoms with Crippen LogP contribution in [0.3, 0.4) is 0 Å². The highest BCUT2D eigenvalue weighted by atomic mass is 79.9. The monoisotopic (exact) mass is 473 g/mol. The summed E-state index contributed by atoms with van der Waals surface area (Å²) in [7, 11) is 0. The SMILES string of the molecule is Cc1cccc(-c2nnc(C(C)Sc3nnc(Nc4cccc(Br)c4)s3)o2)c1. The first kappa shape index (κ1) is 19.1. The average Bonchev–Trinajstić information content (AvgIpc) is 3.32. The molecule has 0 spiro atoms. The van der Waals surface area contributed by atoms with Crippen LogP contribution in [0.25, 0.3) is 11.5 Å². The first-order valence-electron chi connectivity index (χ1n) is 8.50. The number of hydrogen-bond donors (Lipinski definition) is 1. The maximum atomic E-state index is 5.87. The molecule has 2 aromatic carbocycles. The molecule has 0 aliphatic carbocycles. The number of aromatic nitrogens is 4. The number of thioether (sulfide) groups is 1. The highest BCUT2D eigenvalue weighted by molar-refractivity contribution is 9.10. The van der Waals surface area contributed by atoms with Gasteiger partial charge in [0.05, 0.1) is 5.25 Å². The molecule has 4 aromatic rings.